The number of hydrogen-bond donors (Lipinski definition) is 1. The SMILES string of the molecule is C=CCC1=C(/C=C\C)C(COC(=O)N(CC)[C@H](C(=O)O)C2CCCC2)c2ccccc21. The van der Waals surface area contributed by atoms with Crippen LogP contribution in [0.5, 0.6) is 0 Å². The van der Waals surface area contributed by atoms with Crippen molar-refractivity contribution in [2.45, 2.75) is 57.9 Å². The second kappa shape index (κ2) is 10.5. The summed E-state index contributed by atoms with van der Waals surface area (Å²) >= 11 is 0. The molecule has 1 N–H and O–H groups in total. The molecular weight excluding hydrogens is 390 g/mol. The number of carbonyl (C=O) groups excluding carboxylic acids is 1. The van der Waals surface area contributed by atoms with Crippen LogP contribution in [0, 0.1) is 5.92 Å². The van der Waals surface area contributed by atoms with Gasteiger partial charge in [0.1, 0.15) is 12.6 Å². The van der Waals surface area contributed by atoms with Crippen LogP contribution in [0.25, 0.3) is 5.57 Å². The molecule has 166 valence electrons. The fourth-order valence-electron chi connectivity index (χ4n) is 5.10. The Morgan fingerprint density at radius 2 is 2.00 bits per heavy atom. The first-order valence-electron chi connectivity index (χ1n) is 11.3. The van der Waals surface area contributed by atoms with Crippen LogP contribution in [0.2, 0.25) is 0 Å². The van der Waals surface area contributed by atoms with Gasteiger partial charge in [-0.05, 0) is 61.3 Å². The molecule has 0 heterocycles. The van der Waals surface area contributed by atoms with E-state index in [1.165, 1.54) is 16.0 Å². The normalized spacial score (nSPS) is 19.5. The fraction of sp³-hybridized carbons (Fsp3) is 0.462. The number of carboxylic acids is 1. The van der Waals surface area contributed by atoms with Crippen LogP contribution in [-0.2, 0) is 9.53 Å². The van der Waals surface area contributed by atoms with Gasteiger partial charge in [0, 0.05) is 12.5 Å². The molecule has 31 heavy (non-hydrogen) atoms. The highest BCUT2D eigenvalue weighted by Crippen LogP contribution is 2.44. The van der Waals surface area contributed by atoms with E-state index >= 15 is 0 Å². The molecule has 0 aliphatic heterocycles. The number of likely N-dealkylation sites (N-methyl/N-ethyl adjacent to an activating group) is 1. The van der Waals surface area contributed by atoms with Crippen molar-refractivity contribution in [2.24, 2.45) is 5.92 Å². The van der Waals surface area contributed by atoms with Crippen LogP contribution in [0.4, 0.5) is 4.79 Å². The topological polar surface area (TPSA) is 66.8 Å². The van der Waals surface area contributed by atoms with Gasteiger partial charge in [0.15, 0.2) is 0 Å². The number of benzene rings is 1. The molecule has 5 nitrogen and oxygen atoms in total. The Kier molecular flexibility index (Phi) is 7.72. The Morgan fingerprint density at radius 1 is 1.29 bits per heavy atom. The zero-order chi connectivity index (χ0) is 22.4. The Morgan fingerprint density at radius 3 is 2.61 bits per heavy atom. The van der Waals surface area contributed by atoms with Crippen molar-refractivity contribution in [3.8, 4) is 0 Å². The maximum atomic E-state index is 13.0. The largest absolute Gasteiger partial charge is 0.480 e. The summed E-state index contributed by atoms with van der Waals surface area (Å²) in [6.07, 6.45) is 9.88. The van der Waals surface area contributed by atoms with E-state index in [0.717, 1.165) is 43.2 Å². The quantitative estimate of drug-likeness (QED) is 0.510. The monoisotopic (exact) mass is 423 g/mol. The summed E-state index contributed by atoms with van der Waals surface area (Å²) in [5.74, 6) is -1.02. The van der Waals surface area contributed by atoms with E-state index in [1.807, 2.05) is 38.1 Å². The molecule has 5 heteroatoms. The lowest BCUT2D eigenvalue weighted by Crippen LogP contribution is -2.49. The van der Waals surface area contributed by atoms with Gasteiger partial charge < -0.3 is 9.84 Å². The van der Waals surface area contributed by atoms with Crippen molar-refractivity contribution in [1.82, 2.24) is 4.90 Å². The van der Waals surface area contributed by atoms with Gasteiger partial charge in [0.2, 0.25) is 0 Å². The molecule has 1 aromatic carbocycles. The van der Waals surface area contributed by atoms with Crippen LogP contribution >= 0.6 is 0 Å². The van der Waals surface area contributed by atoms with Crippen LogP contribution in [0.1, 0.15) is 63.0 Å². The number of ether oxygens (including phenoxy) is 1. The van der Waals surface area contributed by atoms with Gasteiger partial charge in [-0.2, -0.15) is 0 Å². The third kappa shape index (κ3) is 4.76. The van der Waals surface area contributed by atoms with Crippen molar-refractivity contribution in [1.29, 1.82) is 0 Å². The van der Waals surface area contributed by atoms with Crippen LogP contribution in [0.15, 0.2) is 54.6 Å². The molecule has 0 spiro atoms. The number of allylic oxidation sites excluding steroid dienone is 4. The van der Waals surface area contributed by atoms with Gasteiger partial charge in [-0.15, -0.1) is 6.58 Å². The highest BCUT2D eigenvalue weighted by atomic mass is 16.6. The summed E-state index contributed by atoms with van der Waals surface area (Å²) in [7, 11) is 0. The average Bonchev–Trinajstić information content (AvgIpc) is 3.38. The number of carboxylic acid groups (broad SMARTS) is 1. The molecule has 0 saturated heterocycles. The first-order valence-corrected chi connectivity index (χ1v) is 11.3. The third-order valence-corrected chi connectivity index (χ3v) is 6.46. The van der Waals surface area contributed by atoms with Crippen molar-refractivity contribution < 1.29 is 19.4 Å². The minimum absolute atomic E-state index is 0.00474. The molecule has 0 bridgehead atoms. The number of carbonyl (C=O) groups is 2. The van der Waals surface area contributed by atoms with E-state index in [1.54, 1.807) is 0 Å². The Labute approximate surface area is 185 Å². The first-order chi connectivity index (χ1) is 15.0. The van der Waals surface area contributed by atoms with Gasteiger partial charge in [-0.1, -0.05) is 55.3 Å². The Balaban J connectivity index is 1.81. The zero-order valence-electron chi connectivity index (χ0n) is 18.5. The molecule has 1 amide bonds. The van der Waals surface area contributed by atoms with Crippen molar-refractivity contribution in [3.63, 3.8) is 0 Å². The summed E-state index contributed by atoms with van der Waals surface area (Å²) in [5.41, 5.74) is 4.63. The maximum absolute atomic E-state index is 13.0. The first kappa shape index (κ1) is 22.9. The van der Waals surface area contributed by atoms with E-state index in [0.29, 0.717) is 6.54 Å². The van der Waals surface area contributed by atoms with Crippen molar-refractivity contribution in [2.75, 3.05) is 13.2 Å². The van der Waals surface area contributed by atoms with Crippen molar-refractivity contribution >= 4 is 17.6 Å². The molecule has 1 aromatic rings. The number of hydrogen-bond acceptors (Lipinski definition) is 3. The third-order valence-electron chi connectivity index (χ3n) is 6.46. The van der Waals surface area contributed by atoms with E-state index in [9.17, 15) is 14.7 Å². The summed E-state index contributed by atoms with van der Waals surface area (Å²) in [4.78, 5) is 26.4. The fourth-order valence-corrected chi connectivity index (χ4v) is 5.10. The second-order valence-corrected chi connectivity index (χ2v) is 8.26. The van der Waals surface area contributed by atoms with E-state index in [2.05, 4.69) is 24.8 Å². The summed E-state index contributed by atoms with van der Waals surface area (Å²) in [6.45, 7) is 8.17. The molecule has 3 rings (SSSR count). The molecule has 0 aromatic heterocycles. The lowest BCUT2D eigenvalue weighted by atomic mass is 9.96. The Hall–Kier alpha value is -2.82. The van der Waals surface area contributed by atoms with Gasteiger partial charge in [0.05, 0.1) is 0 Å². The lowest BCUT2D eigenvalue weighted by molar-refractivity contribution is -0.144. The summed E-state index contributed by atoms with van der Waals surface area (Å²) in [5, 5.41) is 9.82. The highest BCUT2D eigenvalue weighted by Gasteiger charge is 2.38. The lowest BCUT2D eigenvalue weighted by Gasteiger charge is -2.31. The number of aliphatic carboxylic acids is 1. The van der Waals surface area contributed by atoms with E-state index in [4.69, 9.17) is 4.74 Å². The molecular formula is C26H33NO4. The highest BCUT2D eigenvalue weighted by molar-refractivity contribution is 5.82. The number of amides is 1. The molecule has 1 unspecified atom stereocenters. The number of fused-ring (bicyclic) bond motifs is 1. The average molecular weight is 424 g/mol. The predicted molar refractivity (Wildman–Crippen MR) is 123 cm³/mol. The standard InChI is InChI=1S/C26H33NO4/c1-4-11-19-20(12-5-2)23(22-16-10-9-15-21(19)22)17-31-26(30)27(6-3)24(25(28)29)18-13-7-8-14-18/h4-5,9-10,12,15-16,18,23-24H,1,6-8,11,13-14,17H2,2-3H3,(H,28,29)/b12-5-/t23?,24-/m0/s1. The predicted octanol–water partition coefficient (Wildman–Crippen LogP) is 5.79. The maximum Gasteiger partial charge on any atom is 0.410 e. The minimum atomic E-state index is -0.945. The van der Waals surface area contributed by atoms with Gasteiger partial charge in [-0.3, -0.25) is 4.90 Å². The van der Waals surface area contributed by atoms with Gasteiger partial charge >= 0.3 is 12.1 Å². The van der Waals surface area contributed by atoms with Crippen LogP contribution in [-0.4, -0.2) is 41.3 Å². The second-order valence-electron chi connectivity index (χ2n) is 8.26. The van der Waals surface area contributed by atoms with E-state index in [-0.39, 0.29) is 18.4 Å². The van der Waals surface area contributed by atoms with Crippen LogP contribution in [0.3, 0.4) is 0 Å². The van der Waals surface area contributed by atoms with E-state index < -0.39 is 18.1 Å². The molecule has 1 fully saturated rings. The molecule has 2 aliphatic carbocycles. The molecule has 2 aliphatic rings. The number of nitrogens with zero attached hydrogens (tertiary/aromatic N) is 1. The zero-order valence-corrected chi connectivity index (χ0v) is 18.5. The van der Waals surface area contributed by atoms with Gasteiger partial charge in [0.25, 0.3) is 0 Å². The summed E-state index contributed by atoms with van der Waals surface area (Å²) in [6, 6.07) is 7.36. The van der Waals surface area contributed by atoms with Gasteiger partial charge in [-0.25, -0.2) is 9.59 Å². The smallest absolute Gasteiger partial charge is 0.410 e. The van der Waals surface area contributed by atoms with Crippen LogP contribution < -0.4 is 0 Å². The Bertz CT molecular complexity index is 879. The molecule has 1 saturated carbocycles. The molecule has 0 radical (unpaired) electrons. The summed E-state index contributed by atoms with van der Waals surface area (Å²) < 4.78 is 5.76. The number of rotatable bonds is 9. The van der Waals surface area contributed by atoms with Crippen molar-refractivity contribution in [3.05, 3.63) is 65.8 Å². The minimum Gasteiger partial charge on any atom is -0.480 e. The molecule has 2 atom stereocenters.